The Morgan fingerprint density at radius 2 is 2.00 bits per heavy atom. The van der Waals surface area contributed by atoms with Crippen molar-refractivity contribution in [2.45, 2.75) is 13.0 Å². The maximum absolute atomic E-state index is 13.2. The first kappa shape index (κ1) is 14.8. The average molecular weight is 288 g/mol. The van der Waals surface area contributed by atoms with Crippen LogP contribution in [0, 0.1) is 23.0 Å². The lowest BCUT2D eigenvalue weighted by Gasteiger charge is -2.16. The molecule has 0 fully saturated rings. The molecule has 1 N–H and O–H groups in total. The molecular formula is C16H14F2N2O. The Hall–Kier alpha value is -2.61. The van der Waals surface area contributed by atoms with Gasteiger partial charge in [-0.2, -0.15) is 5.26 Å². The van der Waals surface area contributed by atoms with E-state index >= 15 is 0 Å². The summed E-state index contributed by atoms with van der Waals surface area (Å²) in [7, 11) is 0. The van der Waals surface area contributed by atoms with Crippen molar-refractivity contribution >= 4 is 5.69 Å². The summed E-state index contributed by atoms with van der Waals surface area (Å²) in [5, 5.41) is 11.7. The molecular weight excluding hydrogens is 274 g/mol. The molecule has 2 rings (SSSR count). The third-order valence-electron chi connectivity index (χ3n) is 2.96. The molecule has 1 unspecified atom stereocenters. The molecule has 3 nitrogen and oxygen atoms in total. The summed E-state index contributed by atoms with van der Waals surface area (Å²) < 4.78 is 31.4. The van der Waals surface area contributed by atoms with E-state index in [1.807, 2.05) is 19.1 Å². The predicted molar refractivity (Wildman–Crippen MR) is 75.9 cm³/mol. The average Bonchev–Trinajstić information content (AvgIpc) is 2.48. The van der Waals surface area contributed by atoms with Crippen molar-refractivity contribution in [1.82, 2.24) is 0 Å². The molecule has 108 valence electrons. The quantitative estimate of drug-likeness (QED) is 0.903. The van der Waals surface area contributed by atoms with E-state index in [0.29, 0.717) is 11.3 Å². The maximum Gasteiger partial charge on any atom is 0.174 e. The number of halogens is 2. The number of nitriles is 1. The van der Waals surface area contributed by atoms with Crippen LogP contribution in [-0.2, 0) is 0 Å². The second-order valence-electron chi connectivity index (χ2n) is 4.51. The van der Waals surface area contributed by atoms with Crippen molar-refractivity contribution in [2.75, 3.05) is 11.9 Å². The number of hydrogen-bond acceptors (Lipinski definition) is 3. The fourth-order valence-electron chi connectivity index (χ4n) is 1.91. The molecule has 0 saturated heterocycles. The Morgan fingerprint density at radius 1 is 1.19 bits per heavy atom. The highest BCUT2D eigenvalue weighted by Crippen LogP contribution is 2.23. The zero-order valence-electron chi connectivity index (χ0n) is 11.4. The van der Waals surface area contributed by atoms with Gasteiger partial charge in [-0.15, -0.1) is 0 Å². The fraction of sp³-hybridized carbons (Fsp3) is 0.188. The molecule has 0 aliphatic heterocycles. The number of hydrogen-bond donors (Lipinski definition) is 1. The zero-order chi connectivity index (χ0) is 15.2. The molecule has 2 aromatic carbocycles. The molecule has 0 aliphatic carbocycles. The fourth-order valence-corrected chi connectivity index (χ4v) is 1.91. The first-order valence-electron chi connectivity index (χ1n) is 6.41. The van der Waals surface area contributed by atoms with Gasteiger partial charge in [-0.25, -0.2) is 8.78 Å². The molecule has 0 radical (unpaired) electrons. The SMILES string of the molecule is CC(Nc1cccc(OCC#N)c1)c1ccc(F)c(F)c1. The highest BCUT2D eigenvalue weighted by atomic mass is 19.2. The summed E-state index contributed by atoms with van der Waals surface area (Å²) in [6, 6.07) is 12.6. The number of ether oxygens (including phenoxy) is 1. The molecule has 5 heteroatoms. The molecule has 1 atom stereocenters. The van der Waals surface area contributed by atoms with Crippen LogP contribution >= 0.6 is 0 Å². The highest BCUT2D eigenvalue weighted by Gasteiger charge is 2.09. The number of rotatable bonds is 5. The maximum atomic E-state index is 13.2. The highest BCUT2D eigenvalue weighted by molar-refractivity contribution is 5.49. The van der Waals surface area contributed by atoms with Crippen LogP contribution in [0.2, 0.25) is 0 Å². The minimum atomic E-state index is -0.868. The van der Waals surface area contributed by atoms with E-state index in [2.05, 4.69) is 5.32 Å². The second kappa shape index (κ2) is 6.71. The zero-order valence-corrected chi connectivity index (χ0v) is 11.4. The molecule has 0 amide bonds. The minimum absolute atomic E-state index is 0.0256. The molecule has 0 aromatic heterocycles. The smallest absolute Gasteiger partial charge is 0.174 e. The van der Waals surface area contributed by atoms with Crippen LogP contribution in [-0.4, -0.2) is 6.61 Å². The van der Waals surface area contributed by atoms with Gasteiger partial charge in [0, 0.05) is 17.8 Å². The Kier molecular flexibility index (Phi) is 4.72. The topological polar surface area (TPSA) is 45.0 Å². The first-order chi connectivity index (χ1) is 10.1. The van der Waals surface area contributed by atoms with Crippen LogP contribution < -0.4 is 10.1 Å². The van der Waals surface area contributed by atoms with Gasteiger partial charge in [-0.1, -0.05) is 12.1 Å². The van der Waals surface area contributed by atoms with Crippen LogP contribution in [0.5, 0.6) is 5.75 Å². The predicted octanol–water partition coefficient (Wildman–Crippen LogP) is 4.04. The van der Waals surface area contributed by atoms with Crippen LogP contribution in [0.3, 0.4) is 0 Å². The Bertz CT molecular complexity index is 668. The Morgan fingerprint density at radius 3 is 2.71 bits per heavy atom. The van der Waals surface area contributed by atoms with E-state index in [-0.39, 0.29) is 12.6 Å². The van der Waals surface area contributed by atoms with E-state index in [0.717, 1.165) is 11.8 Å². The summed E-state index contributed by atoms with van der Waals surface area (Å²) in [6.45, 7) is 1.82. The largest absolute Gasteiger partial charge is 0.479 e. The second-order valence-corrected chi connectivity index (χ2v) is 4.51. The number of nitrogens with zero attached hydrogens (tertiary/aromatic N) is 1. The van der Waals surface area contributed by atoms with Gasteiger partial charge in [-0.3, -0.25) is 0 Å². The summed E-state index contributed by atoms with van der Waals surface area (Å²) >= 11 is 0. The van der Waals surface area contributed by atoms with E-state index < -0.39 is 11.6 Å². The molecule has 0 saturated carbocycles. The molecule has 0 bridgehead atoms. The van der Waals surface area contributed by atoms with Crippen LogP contribution in [0.4, 0.5) is 14.5 Å². The molecule has 21 heavy (non-hydrogen) atoms. The monoisotopic (exact) mass is 288 g/mol. The summed E-state index contributed by atoms with van der Waals surface area (Å²) in [5.41, 5.74) is 1.40. The van der Waals surface area contributed by atoms with Gasteiger partial charge in [-0.05, 0) is 36.8 Å². The van der Waals surface area contributed by atoms with Gasteiger partial charge in [0.25, 0.3) is 0 Å². The van der Waals surface area contributed by atoms with Crippen molar-refractivity contribution in [3.05, 3.63) is 59.7 Å². The van der Waals surface area contributed by atoms with E-state index in [1.54, 1.807) is 18.2 Å². The van der Waals surface area contributed by atoms with Crippen molar-refractivity contribution in [2.24, 2.45) is 0 Å². The number of anilines is 1. The van der Waals surface area contributed by atoms with Gasteiger partial charge in [0.2, 0.25) is 0 Å². The minimum Gasteiger partial charge on any atom is -0.479 e. The van der Waals surface area contributed by atoms with E-state index in [4.69, 9.17) is 10.00 Å². The van der Waals surface area contributed by atoms with Crippen molar-refractivity contribution in [3.63, 3.8) is 0 Å². The lowest BCUT2D eigenvalue weighted by molar-refractivity contribution is 0.368. The molecule has 0 aliphatic rings. The van der Waals surface area contributed by atoms with Gasteiger partial charge >= 0.3 is 0 Å². The third kappa shape index (κ3) is 3.93. The lowest BCUT2D eigenvalue weighted by atomic mass is 10.1. The molecule has 0 spiro atoms. The molecule has 0 heterocycles. The molecule has 2 aromatic rings. The Labute approximate surface area is 121 Å². The Balaban J connectivity index is 2.10. The summed E-state index contributed by atoms with van der Waals surface area (Å²) in [4.78, 5) is 0. The van der Waals surface area contributed by atoms with Crippen molar-refractivity contribution in [1.29, 1.82) is 5.26 Å². The van der Waals surface area contributed by atoms with Gasteiger partial charge in [0.15, 0.2) is 18.2 Å². The third-order valence-corrected chi connectivity index (χ3v) is 2.96. The van der Waals surface area contributed by atoms with E-state index in [9.17, 15) is 8.78 Å². The number of nitrogens with one attached hydrogen (secondary N) is 1. The summed E-state index contributed by atoms with van der Waals surface area (Å²) in [5.74, 6) is -1.16. The van der Waals surface area contributed by atoms with Crippen LogP contribution in [0.15, 0.2) is 42.5 Å². The van der Waals surface area contributed by atoms with Crippen LogP contribution in [0.25, 0.3) is 0 Å². The first-order valence-corrected chi connectivity index (χ1v) is 6.41. The van der Waals surface area contributed by atoms with E-state index in [1.165, 1.54) is 12.1 Å². The van der Waals surface area contributed by atoms with Gasteiger partial charge in [0.1, 0.15) is 11.8 Å². The van der Waals surface area contributed by atoms with Gasteiger partial charge < -0.3 is 10.1 Å². The van der Waals surface area contributed by atoms with Gasteiger partial charge in [0.05, 0.1) is 0 Å². The lowest BCUT2D eigenvalue weighted by Crippen LogP contribution is -2.07. The normalized spacial score (nSPS) is 11.5. The summed E-state index contributed by atoms with van der Waals surface area (Å²) in [6.07, 6.45) is 0. The van der Waals surface area contributed by atoms with Crippen LogP contribution in [0.1, 0.15) is 18.5 Å². The van der Waals surface area contributed by atoms with Crippen molar-refractivity contribution in [3.8, 4) is 11.8 Å². The standard InChI is InChI=1S/C16H14F2N2O/c1-11(12-5-6-15(17)16(18)9-12)20-13-3-2-4-14(10-13)21-8-7-19/h2-6,9-11,20H,8H2,1H3. The van der Waals surface area contributed by atoms with Crippen molar-refractivity contribution < 1.29 is 13.5 Å². The number of benzene rings is 2.